The zero-order chi connectivity index (χ0) is 13.3. The number of hydrogen-bond donors (Lipinski definition) is 1. The Morgan fingerprint density at radius 2 is 1.94 bits per heavy atom. The number of rotatable bonds is 1. The lowest BCUT2D eigenvalue weighted by Gasteiger charge is -2.18. The second-order valence-electron chi connectivity index (χ2n) is 5.25. The van der Waals surface area contributed by atoms with E-state index < -0.39 is 0 Å². The van der Waals surface area contributed by atoms with Crippen molar-refractivity contribution in [1.29, 1.82) is 0 Å². The van der Waals surface area contributed by atoms with Crippen molar-refractivity contribution < 1.29 is 0 Å². The average Bonchev–Trinajstić information content (AvgIpc) is 2.27. The summed E-state index contributed by atoms with van der Waals surface area (Å²) < 4.78 is 0. The van der Waals surface area contributed by atoms with Gasteiger partial charge in [0.05, 0.1) is 5.69 Å². The second kappa shape index (κ2) is 4.58. The van der Waals surface area contributed by atoms with Crippen LogP contribution in [0.1, 0.15) is 26.5 Å². The van der Waals surface area contributed by atoms with Crippen LogP contribution < -0.4 is 5.69 Å². The molecule has 0 aliphatic heterocycles. The first-order chi connectivity index (χ1) is 8.36. The number of nitrogens with one attached hydrogen (secondary N) is 1. The normalized spacial score (nSPS) is 11.6. The van der Waals surface area contributed by atoms with Gasteiger partial charge in [-0.3, -0.25) is 0 Å². The molecule has 0 bridgehead atoms. The van der Waals surface area contributed by atoms with Crippen molar-refractivity contribution in [3.8, 4) is 11.3 Å². The minimum Gasteiger partial charge on any atom is -0.309 e. The van der Waals surface area contributed by atoms with Crippen LogP contribution in [-0.4, -0.2) is 9.97 Å². The number of H-pyrrole nitrogens is 1. The molecule has 0 saturated carbocycles. The van der Waals surface area contributed by atoms with E-state index in [-0.39, 0.29) is 11.1 Å². The molecule has 1 aromatic heterocycles. The monoisotopic (exact) mass is 262 g/mol. The number of hydrogen-bond acceptors (Lipinski definition) is 2. The number of aromatic nitrogens is 2. The van der Waals surface area contributed by atoms with Crippen molar-refractivity contribution >= 4 is 11.6 Å². The molecule has 0 unspecified atom stereocenters. The third kappa shape index (κ3) is 2.79. The molecule has 2 rings (SSSR count). The van der Waals surface area contributed by atoms with Gasteiger partial charge < -0.3 is 4.98 Å². The van der Waals surface area contributed by atoms with E-state index in [1.165, 1.54) is 0 Å². The van der Waals surface area contributed by atoms with Crippen molar-refractivity contribution in [3.05, 3.63) is 51.5 Å². The van der Waals surface area contributed by atoms with Crippen LogP contribution in [0, 0.1) is 0 Å². The third-order valence-electron chi connectivity index (χ3n) is 2.67. The lowest BCUT2D eigenvalue weighted by molar-refractivity contribution is 0.564. The molecular formula is C14H15ClN2O. The van der Waals surface area contributed by atoms with Crippen molar-refractivity contribution in [2.45, 2.75) is 26.2 Å². The Morgan fingerprint density at radius 3 is 2.56 bits per heavy atom. The Morgan fingerprint density at radius 1 is 1.22 bits per heavy atom. The maximum absolute atomic E-state index is 11.6. The highest BCUT2D eigenvalue weighted by Gasteiger charge is 2.16. The van der Waals surface area contributed by atoms with E-state index in [1.54, 1.807) is 12.1 Å². The number of aromatic amines is 1. The highest BCUT2D eigenvalue weighted by atomic mass is 35.5. The molecule has 0 aliphatic carbocycles. The van der Waals surface area contributed by atoms with Crippen LogP contribution >= 0.6 is 11.6 Å². The Bertz CT molecular complexity index is 626. The van der Waals surface area contributed by atoms with Crippen molar-refractivity contribution in [2.75, 3.05) is 0 Å². The molecular weight excluding hydrogens is 248 g/mol. The van der Waals surface area contributed by atoms with Gasteiger partial charge in [-0.2, -0.15) is 4.98 Å². The zero-order valence-corrected chi connectivity index (χ0v) is 11.4. The van der Waals surface area contributed by atoms with Crippen LogP contribution in [0.4, 0.5) is 0 Å². The molecule has 4 heteroatoms. The standard InChI is InChI=1S/C14H15ClN2O/c1-14(2,3)12-8-11(16-13(18)17-12)9-5-4-6-10(15)7-9/h4-8H,1-3H3,(H,16,17,18). The predicted molar refractivity (Wildman–Crippen MR) is 74.0 cm³/mol. The minimum atomic E-state index is -0.336. The summed E-state index contributed by atoms with van der Waals surface area (Å²) in [6.07, 6.45) is 0. The average molecular weight is 263 g/mol. The molecule has 0 aliphatic rings. The zero-order valence-electron chi connectivity index (χ0n) is 10.6. The SMILES string of the molecule is CC(C)(C)c1cc(-c2cccc(Cl)c2)nc(=O)[nH]1. The second-order valence-corrected chi connectivity index (χ2v) is 5.68. The molecule has 3 nitrogen and oxygen atoms in total. The lowest BCUT2D eigenvalue weighted by Crippen LogP contribution is -2.21. The van der Waals surface area contributed by atoms with Gasteiger partial charge in [0, 0.05) is 21.7 Å². The highest BCUT2D eigenvalue weighted by molar-refractivity contribution is 6.30. The van der Waals surface area contributed by atoms with Crippen LogP contribution in [0.25, 0.3) is 11.3 Å². The summed E-state index contributed by atoms with van der Waals surface area (Å²) in [7, 11) is 0. The lowest BCUT2D eigenvalue weighted by atomic mass is 9.91. The summed E-state index contributed by atoms with van der Waals surface area (Å²) in [6, 6.07) is 9.23. The topological polar surface area (TPSA) is 45.8 Å². The molecule has 94 valence electrons. The van der Waals surface area contributed by atoms with Crippen LogP contribution in [-0.2, 0) is 5.41 Å². The Hall–Kier alpha value is -1.61. The van der Waals surface area contributed by atoms with Crippen LogP contribution in [0.5, 0.6) is 0 Å². The fraction of sp³-hybridized carbons (Fsp3) is 0.286. The molecule has 0 amide bonds. The molecule has 0 atom stereocenters. The van der Waals surface area contributed by atoms with Gasteiger partial charge in [-0.1, -0.05) is 44.5 Å². The fourth-order valence-electron chi connectivity index (χ4n) is 1.66. The van der Waals surface area contributed by atoms with Gasteiger partial charge >= 0.3 is 5.69 Å². The molecule has 2 aromatic rings. The van der Waals surface area contributed by atoms with Crippen molar-refractivity contribution in [1.82, 2.24) is 9.97 Å². The third-order valence-corrected chi connectivity index (χ3v) is 2.91. The number of halogens is 1. The van der Waals surface area contributed by atoms with E-state index in [4.69, 9.17) is 11.6 Å². The maximum atomic E-state index is 11.6. The Labute approximate surface area is 111 Å². The molecule has 0 saturated heterocycles. The molecule has 0 radical (unpaired) electrons. The van der Waals surface area contributed by atoms with Crippen LogP contribution in [0.2, 0.25) is 5.02 Å². The first-order valence-corrected chi connectivity index (χ1v) is 6.12. The van der Waals surface area contributed by atoms with E-state index in [0.29, 0.717) is 10.7 Å². The van der Waals surface area contributed by atoms with Gasteiger partial charge in [0.15, 0.2) is 0 Å². The molecule has 1 N–H and O–H groups in total. The summed E-state index contributed by atoms with van der Waals surface area (Å²) in [5, 5.41) is 0.631. The van der Waals surface area contributed by atoms with Gasteiger partial charge in [0.2, 0.25) is 0 Å². The fourth-order valence-corrected chi connectivity index (χ4v) is 1.85. The van der Waals surface area contributed by atoms with Gasteiger partial charge in [0.25, 0.3) is 0 Å². The molecule has 1 heterocycles. The van der Waals surface area contributed by atoms with E-state index in [9.17, 15) is 4.79 Å². The molecule has 0 spiro atoms. The summed E-state index contributed by atoms with van der Waals surface area (Å²) in [6.45, 7) is 6.13. The molecule has 18 heavy (non-hydrogen) atoms. The number of nitrogens with zero attached hydrogens (tertiary/aromatic N) is 1. The largest absolute Gasteiger partial charge is 0.345 e. The minimum absolute atomic E-state index is 0.130. The van der Waals surface area contributed by atoms with Gasteiger partial charge in [-0.25, -0.2) is 4.79 Å². The number of benzene rings is 1. The molecule has 1 aromatic carbocycles. The summed E-state index contributed by atoms with van der Waals surface area (Å²) in [5.41, 5.74) is 1.88. The quantitative estimate of drug-likeness (QED) is 0.856. The van der Waals surface area contributed by atoms with Gasteiger partial charge in [-0.15, -0.1) is 0 Å². The summed E-state index contributed by atoms with van der Waals surface area (Å²) in [4.78, 5) is 18.4. The van der Waals surface area contributed by atoms with E-state index >= 15 is 0 Å². The van der Waals surface area contributed by atoms with Crippen molar-refractivity contribution in [3.63, 3.8) is 0 Å². The first-order valence-electron chi connectivity index (χ1n) is 5.74. The predicted octanol–water partition coefficient (Wildman–Crippen LogP) is 3.39. The van der Waals surface area contributed by atoms with Crippen LogP contribution in [0.3, 0.4) is 0 Å². The van der Waals surface area contributed by atoms with E-state index in [2.05, 4.69) is 9.97 Å². The van der Waals surface area contributed by atoms with Gasteiger partial charge in [0.1, 0.15) is 0 Å². The highest BCUT2D eigenvalue weighted by Crippen LogP contribution is 2.24. The van der Waals surface area contributed by atoms with Crippen molar-refractivity contribution in [2.24, 2.45) is 0 Å². The molecule has 0 fully saturated rings. The summed E-state index contributed by atoms with van der Waals surface area (Å²) in [5.74, 6) is 0. The maximum Gasteiger partial charge on any atom is 0.345 e. The smallest absolute Gasteiger partial charge is 0.309 e. The first kappa shape index (κ1) is 12.8. The Kier molecular flexibility index (Phi) is 3.26. The summed E-state index contributed by atoms with van der Waals surface area (Å²) >= 11 is 5.95. The van der Waals surface area contributed by atoms with Crippen LogP contribution in [0.15, 0.2) is 35.1 Å². The van der Waals surface area contributed by atoms with Gasteiger partial charge in [-0.05, 0) is 18.2 Å². The van der Waals surface area contributed by atoms with E-state index in [0.717, 1.165) is 11.3 Å². The van der Waals surface area contributed by atoms with E-state index in [1.807, 2.05) is 39.0 Å². The Balaban J connectivity index is 2.59.